The summed E-state index contributed by atoms with van der Waals surface area (Å²) >= 11 is 0. The lowest BCUT2D eigenvalue weighted by atomic mass is 9.76. The lowest BCUT2D eigenvalue weighted by Gasteiger charge is -2.45. The van der Waals surface area contributed by atoms with Gasteiger partial charge >= 0.3 is 0 Å². The Morgan fingerprint density at radius 3 is 2.90 bits per heavy atom. The van der Waals surface area contributed by atoms with Crippen LogP contribution < -0.4 is 10.1 Å². The Balaban J connectivity index is 1.68. The van der Waals surface area contributed by atoms with Crippen molar-refractivity contribution in [2.24, 2.45) is 11.8 Å². The molecule has 2 fully saturated rings. The van der Waals surface area contributed by atoms with Crippen LogP contribution >= 0.6 is 0 Å². The maximum atomic E-state index is 6.64. The zero-order valence-corrected chi connectivity index (χ0v) is 13.3. The number of benzene rings is 1. The summed E-state index contributed by atoms with van der Waals surface area (Å²) < 4.78 is 6.64. The van der Waals surface area contributed by atoms with Gasteiger partial charge in [0, 0.05) is 18.0 Å². The van der Waals surface area contributed by atoms with Crippen LogP contribution in [0, 0.1) is 18.8 Å². The lowest BCUT2D eigenvalue weighted by Crippen LogP contribution is -2.48. The molecule has 2 nitrogen and oxygen atoms in total. The van der Waals surface area contributed by atoms with Gasteiger partial charge in [0.15, 0.2) is 0 Å². The van der Waals surface area contributed by atoms with E-state index < -0.39 is 0 Å². The highest BCUT2D eigenvalue weighted by Crippen LogP contribution is 2.58. The monoisotopic (exact) mass is 285 g/mol. The Hall–Kier alpha value is -1.02. The van der Waals surface area contributed by atoms with E-state index in [1.54, 1.807) is 0 Å². The molecule has 0 radical (unpaired) electrons. The lowest BCUT2D eigenvalue weighted by molar-refractivity contribution is -0.0183. The van der Waals surface area contributed by atoms with Crippen LogP contribution in [0.15, 0.2) is 18.2 Å². The third-order valence-electron chi connectivity index (χ3n) is 5.96. The first-order valence-electron chi connectivity index (χ1n) is 8.73. The van der Waals surface area contributed by atoms with E-state index in [4.69, 9.17) is 4.74 Å². The molecule has 1 aromatic rings. The quantitative estimate of drug-likeness (QED) is 0.890. The number of rotatable bonds is 3. The first-order valence-corrected chi connectivity index (χ1v) is 8.73. The summed E-state index contributed by atoms with van der Waals surface area (Å²) in [6, 6.07) is 7.20. The van der Waals surface area contributed by atoms with Crippen LogP contribution in [0.1, 0.15) is 62.6 Å². The normalized spacial score (nSPS) is 36.8. The molecule has 21 heavy (non-hydrogen) atoms. The van der Waals surface area contributed by atoms with Crippen molar-refractivity contribution in [1.29, 1.82) is 0 Å². The van der Waals surface area contributed by atoms with Crippen LogP contribution in [0.5, 0.6) is 5.75 Å². The van der Waals surface area contributed by atoms with Gasteiger partial charge in [-0.3, -0.25) is 0 Å². The van der Waals surface area contributed by atoms with Crippen molar-refractivity contribution in [3.8, 4) is 5.75 Å². The molecule has 114 valence electrons. The molecule has 2 bridgehead atoms. The molecule has 4 unspecified atom stereocenters. The SMILES string of the molecule is CCCNC1CC2(CC3CCC2C3)Oc2ccc(C)cc21. The van der Waals surface area contributed by atoms with Crippen LogP contribution in [-0.4, -0.2) is 12.1 Å². The van der Waals surface area contributed by atoms with E-state index in [0.717, 1.165) is 24.1 Å². The molecule has 1 aliphatic heterocycles. The van der Waals surface area contributed by atoms with Gasteiger partial charge < -0.3 is 10.1 Å². The average molecular weight is 285 g/mol. The maximum absolute atomic E-state index is 6.64. The first-order chi connectivity index (χ1) is 10.2. The highest BCUT2D eigenvalue weighted by Gasteiger charge is 2.55. The summed E-state index contributed by atoms with van der Waals surface area (Å²) in [4.78, 5) is 0. The van der Waals surface area contributed by atoms with Crippen molar-refractivity contribution in [1.82, 2.24) is 5.32 Å². The third kappa shape index (κ3) is 2.19. The Kier molecular flexibility index (Phi) is 3.25. The topological polar surface area (TPSA) is 21.3 Å². The molecule has 0 amide bonds. The second-order valence-corrected chi connectivity index (χ2v) is 7.50. The largest absolute Gasteiger partial charge is 0.487 e. The van der Waals surface area contributed by atoms with Crippen molar-refractivity contribution in [2.75, 3.05) is 6.54 Å². The molecule has 1 spiro atoms. The standard InChI is InChI=1S/C19H27NO/c1-3-8-20-17-12-19(11-14-5-6-15(19)10-14)21-18-7-4-13(2)9-16(17)18/h4,7,9,14-15,17,20H,3,5-6,8,10-12H2,1-2H3. The number of hydrogen-bond donors (Lipinski definition) is 1. The van der Waals surface area contributed by atoms with Gasteiger partial charge in [-0.1, -0.05) is 24.6 Å². The number of hydrogen-bond acceptors (Lipinski definition) is 2. The van der Waals surface area contributed by atoms with Crippen LogP contribution in [-0.2, 0) is 0 Å². The van der Waals surface area contributed by atoms with Crippen LogP contribution in [0.25, 0.3) is 0 Å². The fourth-order valence-electron chi connectivity index (χ4n) is 5.02. The van der Waals surface area contributed by atoms with E-state index in [1.165, 1.54) is 49.7 Å². The number of nitrogens with one attached hydrogen (secondary N) is 1. The van der Waals surface area contributed by atoms with Crippen molar-refractivity contribution in [2.45, 2.75) is 64.0 Å². The molecule has 2 saturated carbocycles. The summed E-state index contributed by atoms with van der Waals surface area (Å²) in [5, 5.41) is 3.79. The Bertz CT molecular complexity index is 540. The summed E-state index contributed by atoms with van der Waals surface area (Å²) in [6.07, 6.45) is 7.87. The summed E-state index contributed by atoms with van der Waals surface area (Å²) in [5.74, 6) is 2.87. The molecule has 4 rings (SSSR count). The third-order valence-corrected chi connectivity index (χ3v) is 5.96. The van der Waals surface area contributed by atoms with Gasteiger partial charge in [-0.15, -0.1) is 0 Å². The fourth-order valence-corrected chi connectivity index (χ4v) is 5.02. The van der Waals surface area contributed by atoms with Gasteiger partial charge in [0.25, 0.3) is 0 Å². The molecule has 1 N–H and O–H groups in total. The number of aryl methyl sites for hydroxylation is 1. The van der Waals surface area contributed by atoms with Crippen molar-refractivity contribution < 1.29 is 4.74 Å². The van der Waals surface area contributed by atoms with Crippen molar-refractivity contribution >= 4 is 0 Å². The Morgan fingerprint density at radius 2 is 2.19 bits per heavy atom. The molecule has 2 aliphatic carbocycles. The summed E-state index contributed by atoms with van der Waals surface area (Å²) in [7, 11) is 0. The highest BCUT2D eigenvalue weighted by molar-refractivity contribution is 5.42. The Morgan fingerprint density at radius 1 is 1.29 bits per heavy atom. The average Bonchev–Trinajstić information content (AvgIpc) is 3.06. The summed E-state index contributed by atoms with van der Waals surface area (Å²) in [5.41, 5.74) is 2.86. The Labute approximate surface area is 128 Å². The maximum Gasteiger partial charge on any atom is 0.124 e. The highest BCUT2D eigenvalue weighted by atomic mass is 16.5. The van der Waals surface area contributed by atoms with Gasteiger partial charge in [-0.2, -0.15) is 0 Å². The molecule has 2 heteroatoms. The number of fused-ring (bicyclic) bond motifs is 4. The van der Waals surface area contributed by atoms with Crippen molar-refractivity contribution in [3.63, 3.8) is 0 Å². The zero-order chi connectivity index (χ0) is 14.4. The second kappa shape index (κ2) is 5.01. The van der Waals surface area contributed by atoms with Gasteiger partial charge in [0.1, 0.15) is 11.4 Å². The van der Waals surface area contributed by atoms with Gasteiger partial charge in [-0.25, -0.2) is 0 Å². The first kappa shape index (κ1) is 13.6. The molecule has 1 heterocycles. The second-order valence-electron chi connectivity index (χ2n) is 7.50. The zero-order valence-electron chi connectivity index (χ0n) is 13.3. The molecular formula is C19H27NO. The smallest absolute Gasteiger partial charge is 0.124 e. The molecule has 0 saturated heterocycles. The van der Waals surface area contributed by atoms with E-state index in [1.807, 2.05) is 0 Å². The van der Waals surface area contributed by atoms with Crippen LogP contribution in [0.3, 0.4) is 0 Å². The molecular weight excluding hydrogens is 258 g/mol. The molecule has 3 aliphatic rings. The van der Waals surface area contributed by atoms with Crippen LogP contribution in [0.2, 0.25) is 0 Å². The fraction of sp³-hybridized carbons (Fsp3) is 0.684. The minimum atomic E-state index is 0.135. The predicted octanol–water partition coefficient (Wildman–Crippen LogP) is 4.38. The predicted molar refractivity (Wildman–Crippen MR) is 85.6 cm³/mol. The van der Waals surface area contributed by atoms with E-state index >= 15 is 0 Å². The molecule has 0 aromatic heterocycles. The van der Waals surface area contributed by atoms with Crippen LogP contribution in [0.4, 0.5) is 0 Å². The van der Waals surface area contributed by atoms with Gasteiger partial charge in [-0.05, 0) is 63.5 Å². The van der Waals surface area contributed by atoms with Crippen molar-refractivity contribution in [3.05, 3.63) is 29.3 Å². The van der Waals surface area contributed by atoms with E-state index in [9.17, 15) is 0 Å². The van der Waals surface area contributed by atoms with E-state index in [-0.39, 0.29) is 5.60 Å². The minimum absolute atomic E-state index is 0.135. The molecule has 4 atom stereocenters. The minimum Gasteiger partial charge on any atom is -0.487 e. The summed E-state index contributed by atoms with van der Waals surface area (Å²) in [6.45, 7) is 5.53. The van der Waals surface area contributed by atoms with Gasteiger partial charge in [0.2, 0.25) is 0 Å². The van der Waals surface area contributed by atoms with E-state index in [0.29, 0.717) is 6.04 Å². The van der Waals surface area contributed by atoms with Gasteiger partial charge in [0.05, 0.1) is 0 Å². The van der Waals surface area contributed by atoms with E-state index in [2.05, 4.69) is 37.4 Å². The molecule has 1 aromatic carbocycles. The number of ether oxygens (including phenoxy) is 1.